The molecule has 0 aliphatic heterocycles. The Morgan fingerprint density at radius 1 is 1.31 bits per heavy atom. The zero-order valence-electron chi connectivity index (χ0n) is 9.28. The molecule has 0 aromatic carbocycles. The number of hydrogen-bond donors (Lipinski definition) is 0. The average molecular weight is 176 g/mol. The molecule has 13 heavy (non-hydrogen) atoms. The van der Waals surface area contributed by atoms with E-state index in [2.05, 4.69) is 46.4 Å². The number of rotatable bonds is 1. The Labute approximate surface area is 82.0 Å². The summed E-state index contributed by atoms with van der Waals surface area (Å²) in [4.78, 5) is 0. The molecule has 0 spiro atoms. The van der Waals surface area contributed by atoms with Crippen molar-refractivity contribution in [1.82, 2.24) is 0 Å². The third kappa shape index (κ3) is 2.33. The fourth-order valence-electron chi connectivity index (χ4n) is 2.03. The van der Waals surface area contributed by atoms with E-state index in [-0.39, 0.29) is 0 Å². The molecule has 0 atom stereocenters. The first-order valence-corrected chi connectivity index (χ1v) is 4.97. The molecule has 72 valence electrons. The van der Waals surface area contributed by atoms with Gasteiger partial charge in [-0.15, -0.1) is 0 Å². The minimum atomic E-state index is 0.394. The molecule has 1 aliphatic carbocycles. The fourth-order valence-corrected chi connectivity index (χ4v) is 2.03. The zero-order chi connectivity index (χ0) is 10.1. The maximum atomic E-state index is 4.13. The van der Waals surface area contributed by atoms with Crippen LogP contribution in [0.5, 0.6) is 0 Å². The summed E-state index contributed by atoms with van der Waals surface area (Å²) in [5, 5.41) is 0. The van der Waals surface area contributed by atoms with Gasteiger partial charge in [-0.2, -0.15) is 0 Å². The Morgan fingerprint density at radius 3 is 2.46 bits per heavy atom. The highest BCUT2D eigenvalue weighted by Crippen LogP contribution is 2.41. The molecule has 0 heteroatoms. The summed E-state index contributed by atoms with van der Waals surface area (Å²) < 4.78 is 0. The van der Waals surface area contributed by atoms with Gasteiger partial charge < -0.3 is 0 Å². The predicted molar refractivity (Wildman–Crippen MR) is 59.7 cm³/mol. The van der Waals surface area contributed by atoms with Crippen LogP contribution in [0.3, 0.4) is 0 Å². The first-order valence-electron chi connectivity index (χ1n) is 4.97. The molecule has 0 aromatic heterocycles. The summed E-state index contributed by atoms with van der Waals surface area (Å²) in [6, 6.07) is 0. The molecule has 1 aliphatic rings. The van der Waals surface area contributed by atoms with Gasteiger partial charge in [-0.1, -0.05) is 38.2 Å². The second-order valence-electron chi connectivity index (χ2n) is 4.77. The summed E-state index contributed by atoms with van der Waals surface area (Å²) in [5.41, 5.74) is 4.57. The topological polar surface area (TPSA) is 0 Å². The van der Waals surface area contributed by atoms with Gasteiger partial charge in [0.2, 0.25) is 0 Å². The van der Waals surface area contributed by atoms with E-state index >= 15 is 0 Å². The van der Waals surface area contributed by atoms with Crippen LogP contribution in [0.15, 0.2) is 35.5 Å². The van der Waals surface area contributed by atoms with E-state index in [1.165, 1.54) is 23.1 Å². The highest BCUT2D eigenvalue weighted by molar-refractivity contribution is 5.41. The molecule has 0 nitrogen and oxygen atoms in total. The Morgan fingerprint density at radius 2 is 1.92 bits per heavy atom. The molecule has 0 amide bonds. The van der Waals surface area contributed by atoms with Gasteiger partial charge in [0.25, 0.3) is 0 Å². The van der Waals surface area contributed by atoms with Gasteiger partial charge in [0.15, 0.2) is 0 Å². The molecular weight excluding hydrogens is 156 g/mol. The van der Waals surface area contributed by atoms with Crippen LogP contribution in [0.1, 0.15) is 40.5 Å². The minimum absolute atomic E-state index is 0.394. The quantitative estimate of drug-likeness (QED) is 0.560. The van der Waals surface area contributed by atoms with Crippen LogP contribution in [0, 0.1) is 5.41 Å². The van der Waals surface area contributed by atoms with Gasteiger partial charge in [0.1, 0.15) is 0 Å². The van der Waals surface area contributed by atoms with Gasteiger partial charge in [-0.25, -0.2) is 0 Å². The molecule has 1 rings (SSSR count). The van der Waals surface area contributed by atoms with Crippen molar-refractivity contribution in [2.45, 2.75) is 40.5 Å². The highest BCUT2D eigenvalue weighted by Gasteiger charge is 2.26. The van der Waals surface area contributed by atoms with E-state index in [1.54, 1.807) is 0 Å². The molecule has 0 bridgehead atoms. The number of allylic oxidation sites excluding steroid dienone is 5. The van der Waals surface area contributed by atoms with Crippen molar-refractivity contribution in [3.05, 3.63) is 35.5 Å². The maximum Gasteiger partial charge on any atom is -0.0221 e. The van der Waals surface area contributed by atoms with Crippen molar-refractivity contribution >= 4 is 0 Å². The third-order valence-corrected chi connectivity index (χ3v) is 2.74. The first kappa shape index (κ1) is 10.3. The third-order valence-electron chi connectivity index (χ3n) is 2.74. The van der Waals surface area contributed by atoms with E-state index in [0.29, 0.717) is 5.41 Å². The molecule has 0 radical (unpaired) electrons. The minimum Gasteiger partial charge on any atom is -0.0955 e. The average Bonchev–Trinajstić information content (AvgIpc) is 1.99. The lowest BCUT2D eigenvalue weighted by molar-refractivity contribution is 0.351. The second kappa shape index (κ2) is 3.53. The van der Waals surface area contributed by atoms with Crippen molar-refractivity contribution in [1.29, 1.82) is 0 Å². The van der Waals surface area contributed by atoms with Crippen molar-refractivity contribution in [2.24, 2.45) is 5.41 Å². The molecule has 0 N–H and O–H groups in total. The van der Waals surface area contributed by atoms with Crippen LogP contribution in [0.4, 0.5) is 0 Å². The molecule has 0 fully saturated rings. The van der Waals surface area contributed by atoms with Crippen molar-refractivity contribution in [3.8, 4) is 0 Å². The Hall–Kier alpha value is -0.780. The summed E-state index contributed by atoms with van der Waals surface area (Å²) in [7, 11) is 0. The van der Waals surface area contributed by atoms with Crippen molar-refractivity contribution in [3.63, 3.8) is 0 Å². The second-order valence-corrected chi connectivity index (χ2v) is 4.77. The zero-order valence-corrected chi connectivity index (χ0v) is 9.28. The van der Waals surface area contributed by atoms with Gasteiger partial charge >= 0.3 is 0 Å². The maximum absolute atomic E-state index is 4.13. The molecule has 0 aromatic rings. The van der Waals surface area contributed by atoms with Gasteiger partial charge in [-0.3, -0.25) is 0 Å². The van der Waals surface area contributed by atoms with Crippen LogP contribution >= 0.6 is 0 Å². The fraction of sp³-hybridized carbons (Fsp3) is 0.538. The van der Waals surface area contributed by atoms with E-state index in [1.807, 2.05) is 0 Å². The van der Waals surface area contributed by atoms with Crippen LogP contribution < -0.4 is 0 Å². The molecule has 0 unspecified atom stereocenters. The van der Waals surface area contributed by atoms with Crippen LogP contribution in [-0.2, 0) is 0 Å². The lowest BCUT2D eigenvalue weighted by atomic mass is 9.72. The first-order chi connectivity index (χ1) is 5.96. The Bertz CT molecular complexity index is 274. The smallest absolute Gasteiger partial charge is 0.0221 e. The van der Waals surface area contributed by atoms with Gasteiger partial charge in [-0.05, 0) is 43.3 Å². The molecule has 0 saturated heterocycles. The molecule has 0 heterocycles. The molecular formula is C13H20. The largest absolute Gasteiger partial charge is 0.0955 e. The standard InChI is InChI=1S/C13H20/c1-6-7-12-9-13(4,5)8-10(2)11(12)3/h6-7H,2,8-9H2,1,3-5H3/b7-6+. The van der Waals surface area contributed by atoms with E-state index < -0.39 is 0 Å². The van der Waals surface area contributed by atoms with E-state index in [0.717, 1.165) is 6.42 Å². The lowest BCUT2D eigenvalue weighted by Gasteiger charge is -2.32. The summed E-state index contributed by atoms with van der Waals surface area (Å²) in [5.74, 6) is 0. The summed E-state index contributed by atoms with van der Waals surface area (Å²) >= 11 is 0. The molecule has 0 saturated carbocycles. The van der Waals surface area contributed by atoms with Gasteiger partial charge in [0.05, 0.1) is 0 Å². The predicted octanol–water partition coefficient (Wildman–Crippen LogP) is 4.26. The Balaban J connectivity index is 3.02. The summed E-state index contributed by atoms with van der Waals surface area (Å²) in [6.07, 6.45) is 6.66. The highest BCUT2D eigenvalue weighted by atomic mass is 14.3. The Kier molecular flexibility index (Phi) is 2.80. The normalized spacial score (nSPS) is 22.9. The van der Waals surface area contributed by atoms with Crippen LogP contribution in [-0.4, -0.2) is 0 Å². The van der Waals surface area contributed by atoms with Crippen LogP contribution in [0.2, 0.25) is 0 Å². The van der Waals surface area contributed by atoms with E-state index in [4.69, 9.17) is 0 Å². The lowest BCUT2D eigenvalue weighted by Crippen LogP contribution is -2.18. The van der Waals surface area contributed by atoms with Gasteiger partial charge in [0, 0.05) is 0 Å². The van der Waals surface area contributed by atoms with Crippen molar-refractivity contribution < 1.29 is 0 Å². The van der Waals surface area contributed by atoms with E-state index in [9.17, 15) is 0 Å². The number of hydrogen-bond acceptors (Lipinski definition) is 0. The van der Waals surface area contributed by atoms with Crippen LogP contribution in [0.25, 0.3) is 0 Å². The monoisotopic (exact) mass is 176 g/mol. The van der Waals surface area contributed by atoms with Crippen molar-refractivity contribution in [2.75, 3.05) is 0 Å². The summed E-state index contributed by atoms with van der Waals surface area (Å²) in [6.45, 7) is 13.0. The SMILES string of the molecule is C=C1CC(C)(C)CC(/C=C/C)=C1C.